The Labute approximate surface area is 179 Å². The third-order valence-corrected chi connectivity index (χ3v) is 16.2. The average molecular weight is 445 g/mol. The van der Waals surface area contributed by atoms with Crippen LogP contribution in [0.3, 0.4) is 0 Å². The molecule has 5 heteroatoms. The van der Waals surface area contributed by atoms with Crippen molar-refractivity contribution in [2.24, 2.45) is 0 Å². The van der Waals surface area contributed by atoms with Gasteiger partial charge in [-0.2, -0.15) is 0 Å². The van der Waals surface area contributed by atoms with Gasteiger partial charge in [-0.1, -0.05) is 0 Å². The van der Waals surface area contributed by atoms with E-state index in [9.17, 15) is 0 Å². The summed E-state index contributed by atoms with van der Waals surface area (Å²) < 4.78 is 1.76. The van der Waals surface area contributed by atoms with Gasteiger partial charge in [-0.25, -0.2) is 0 Å². The van der Waals surface area contributed by atoms with Gasteiger partial charge >= 0.3 is 143 Å². The molecule has 25 heavy (non-hydrogen) atoms. The third-order valence-electron chi connectivity index (χ3n) is 4.56. The molecule has 2 aromatic rings. The van der Waals surface area contributed by atoms with E-state index in [1.54, 1.807) is 9.06 Å². The maximum Gasteiger partial charge on any atom is -1.00 e. The SMILES string of the molecule is CC[Si](C)([Ti+3][C]1=C(c2ccccc2)C=CC1)c1ccccc1.[Cl-].[Cl-].[Cl-]. The van der Waals surface area contributed by atoms with Gasteiger partial charge in [-0.15, -0.1) is 0 Å². The zero-order chi connectivity index (χ0) is 15.4. The number of rotatable bonds is 5. The Hall–Kier alpha value is -0.279. The molecule has 131 valence electrons. The molecular formula is C20H22Cl3SiTi. The molecule has 1 aliphatic rings. The Bertz CT molecular complexity index is 701. The van der Waals surface area contributed by atoms with Crippen molar-refractivity contribution in [1.82, 2.24) is 0 Å². The van der Waals surface area contributed by atoms with Gasteiger partial charge in [0, 0.05) is 0 Å². The van der Waals surface area contributed by atoms with Crippen molar-refractivity contribution in [3.63, 3.8) is 0 Å². The second kappa shape index (κ2) is 11.4. The van der Waals surface area contributed by atoms with Gasteiger partial charge in [0.05, 0.1) is 0 Å². The Kier molecular flexibility index (Phi) is 11.3. The maximum atomic E-state index is 2.59. The molecule has 0 N–H and O–H groups in total. The van der Waals surface area contributed by atoms with Gasteiger partial charge in [0.2, 0.25) is 0 Å². The van der Waals surface area contributed by atoms with Crippen LogP contribution in [0.2, 0.25) is 12.6 Å². The molecule has 1 atom stereocenters. The van der Waals surface area contributed by atoms with Gasteiger partial charge in [-0.3, -0.25) is 0 Å². The first-order chi connectivity index (χ1) is 10.7. The zero-order valence-electron chi connectivity index (χ0n) is 14.5. The molecule has 1 aliphatic carbocycles. The van der Waals surface area contributed by atoms with Crippen LogP contribution in [0.5, 0.6) is 0 Å². The molecule has 2 aromatic carbocycles. The summed E-state index contributed by atoms with van der Waals surface area (Å²) in [5.74, 6) is -1.31. The summed E-state index contributed by atoms with van der Waals surface area (Å²) in [4.78, 5) is 0. The molecule has 0 amide bonds. The number of halogens is 3. The monoisotopic (exact) mass is 443 g/mol. The zero-order valence-corrected chi connectivity index (χ0v) is 19.3. The van der Waals surface area contributed by atoms with E-state index in [2.05, 4.69) is 86.3 Å². The minimum Gasteiger partial charge on any atom is -1.00 e. The summed E-state index contributed by atoms with van der Waals surface area (Å²) >= 11 is -0.0786. The minimum atomic E-state index is -1.31. The van der Waals surface area contributed by atoms with Crippen molar-refractivity contribution in [2.45, 2.75) is 25.9 Å². The van der Waals surface area contributed by atoms with E-state index in [0.717, 1.165) is 0 Å². The van der Waals surface area contributed by atoms with Crippen LogP contribution in [0.15, 0.2) is 76.7 Å². The molecule has 0 aliphatic heterocycles. The third kappa shape index (κ3) is 5.85. The molecule has 0 radical (unpaired) electrons. The smallest absolute Gasteiger partial charge is 1.00 e. The quantitative estimate of drug-likeness (QED) is 0.412. The van der Waals surface area contributed by atoms with E-state index >= 15 is 0 Å². The van der Waals surface area contributed by atoms with Crippen LogP contribution in [0.25, 0.3) is 5.57 Å². The molecule has 0 spiro atoms. The van der Waals surface area contributed by atoms with E-state index in [1.165, 1.54) is 23.6 Å². The van der Waals surface area contributed by atoms with Crippen LogP contribution in [0, 0.1) is 0 Å². The summed E-state index contributed by atoms with van der Waals surface area (Å²) in [5.41, 5.74) is 2.92. The van der Waals surface area contributed by atoms with Crippen molar-refractivity contribution in [3.05, 3.63) is 82.3 Å². The molecule has 0 heterocycles. The molecule has 0 nitrogen and oxygen atoms in total. The predicted octanol–water partition coefficient (Wildman–Crippen LogP) is -4.05. The Balaban J connectivity index is 0.00000192. The first kappa shape index (κ1) is 24.7. The topological polar surface area (TPSA) is 0 Å². The van der Waals surface area contributed by atoms with Crippen LogP contribution in [-0.4, -0.2) is 5.94 Å². The summed E-state index contributed by atoms with van der Waals surface area (Å²) in [6, 6.07) is 23.6. The molecule has 1 unspecified atom stereocenters. The van der Waals surface area contributed by atoms with Gasteiger partial charge in [0.15, 0.2) is 0 Å². The Morgan fingerprint density at radius 1 is 0.880 bits per heavy atom. The minimum absolute atomic E-state index is 0. The summed E-state index contributed by atoms with van der Waals surface area (Å²) in [6.07, 6.45) is 5.89. The Morgan fingerprint density at radius 2 is 1.44 bits per heavy atom. The van der Waals surface area contributed by atoms with Gasteiger partial charge in [0.1, 0.15) is 0 Å². The van der Waals surface area contributed by atoms with Crippen molar-refractivity contribution >= 4 is 16.7 Å². The van der Waals surface area contributed by atoms with Crippen LogP contribution < -0.4 is 42.4 Å². The van der Waals surface area contributed by atoms with Crippen LogP contribution in [0.4, 0.5) is 0 Å². The molecule has 3 rings (SSSR count). The number of allylic oxidation sites excluding steroid dienone is 4. The molecular weight excluding hydrogens is 423 g/mol. The van der Waals surface area contributed by atoms with E-state index in [0.29, 0.717) is 0 Å². The second-order valence-electron chi connectivity index (χ2n) is 6.04. The van der Waals surface area contributed by atoms with Crippen molar-refractivity contribution < 1.29 is 55.6 Å². The van der Waals surface area contributed by atoms with Crippen LogP contribution >= 0.6 is 0 Å². The van der Waals surface area contributed by atoms with E-state index in [-0.39, 0.29) is 55.6 Å². The Morgan fingerprint density at radius 3 is 2.00 bits per heavy atom. The summed E-state index contributed by atoms with van der Waals surface area (Å²) in [7, 11) is 0. The summed E-state index contributed by atoms with van der Waals surface area (Å²) in [6.45, 7) is 4.99. The molecule has 0 bridgehead atoms. The van der Waals surface area contributed by atoms with Crippen LogP contribution in [0.1, 0.15) is 18.9 Å². The van der Waals surface area contributed by atoms with Crippen molar-refractivity contribution in [2.75, 3.05) is 0 Å². The summed E-state index contributed by atoms with van der Waals surface area (Å²) in [5, 5.41) is 1.64. The molecule has 0 saturated carbocycles. The van der Waals surface area contributed by atoms with Crippen LogP contribution in [-0.2, 0) is 18.4 Å². The first-order valence-electron chi connectivity index (χ1n) is 8.02. The van der Waals surface area contributed by atoms with E-state index in [4.69, 9.17) is 0 Å². The van der Waals surface area contributed by atoms with Gasteiger partial charge < -0.3 is 37.2 Å². The average Bonchev–Trinajstić information content (AvgIpc) is 3.04. The predicted molar refractivity (Wildman–Crippen MR) is 95.3 cm³/mol. The molecule has 0 saturated heterocycles. The van der Waals surface area contributed by atoms with Crippen molar-refractivity contribution in [3.8, 4) is 0 Å². The largest absolute Gasteiger partial charge is 1.00 e. The molecule has 0 aromatic heterocycles. The number of hydrogen-bond acceptors (Lipinski definition) is 0. The normalized spacial score (nSPS) is 14.5. The molecule has 0 fully saturated rings. The fourth-order valence-electron chi connectivity index (χ4n) is 3.02. The van der Waals surface area contributed by atoms with E-state index < -0.39 is 5.94 Å². The number of benzene rings is 2. The second-order valence-corrected chi connectivity index (χ2v) is 17.5. The first-order valence-corrected chi connectivity index (χ1v) is 13.8. The van der Waals surface area contributed by atoms with Gasteiger partial charge in [-0.05, 0) is 0 Å². The fraction of sp³-hybridized carbons (Fsp3) is 0.200. The maximum absolute atomic E-state index is 2.59. The fourth-order valence-corrected chi connectivity index (χ4v) is 12.6. The van der Waals surface area contributed by atoms with Gasteiger partial charge in [0.25, 0.3) is 0 Å². The van der Waals surface area contributed by atoms with E-state index in [1.807, 2.05) is 0 Å². The number of hydrogen-bond donors (Lipinski definition) is 0. The standard InChI is InChI=1S/C11H9.C9H13Si.3ClH.Ti/c1-2-6-10(7-3-1)11-8-4-5-9-11;1-3-10(2)9-7-5-4-6-8-9;;;;/h1-4,6-8H,5H2;4-8H,3H2,1-2H3;3*1H;/q;;;;;+3/p-3. The van der Waals surface area contributed by atoms with Crippen molar-refractivity contribution in [1.29, 1.82) is 0 Å².